The molecule has 182 valence electrons. The van der Waals surface area contributed by atoms with Crippen LogP contribution in [0.2, 0.25) is 0 Å². The third kappa shape index (κ3) is 3.91. The predicted octanol–water partition coefficient (Wildman–Crippen LogP) is -0.279. The topological polar surface area (TPSA) is 121 Å². The highest BCUT2D eigenvalue weighted by atomic mass is 32.2. The number of fused-ring (bicyclic) bond motifs is 2. The van der Waals surface area contributed by atoms with Gasteiger partial charge in [-0.2, -0.15) is 0 Å². The first-order chi connectivity index (χ1) is 15.5. The van der Waals surface area contributed by atoms with E-state index in [2.05, 4.69) is 28.9 Å². The van der Waals surface area contributed by atoms with E-state index >= 15 is 0 Å². The van der Waals surface area contributed by atoms with E-state index in [0.29, 0.717) is 25.6 Å². The van der Waals surface area contributed by atoms with E-state index in [1.54, 1.807) is 0 Å². The monoisotopic (exact) mass is 496 g/mol. The molecule has 1 aromatic rings. The van der Waals surface area contributed by atoms with E-state index < -0.39 is 25.4 Å². The van der Waals surface area contributed by atoms with Crippen LogP contribution in [0.5, 0.6) is 0 Å². The molecule has 11 heteroatoms. The normalized spacial score (nSPS) is 32.5. The average Bonchev–Trinajstić information content (AvgIpc) is 2.87. The SMILES string of the molecule is CC12C[C@H]3CN(c4ccc(N5CCS(=O)(=O)CC5)cc4)[C@@H]1CN(C(=O)CS(=O)(=O)CCN)C32. The van der Waals surface area contributed by atoms with Crippen LogP contribution in [-0.2, 0) is 24.5 Å². The number of nitrogens with two attached hydrogens (primary N) is 1. The first-order valence-corrected chi connectivity index (χ1v) is 15.2. The van der Waals surface area contributed by atoms with Crippen molar-refractivity contribution in [1.82, 2.24) is 4.90 Å². The van der Waals surface area contributed by atoms with Crippen LogP contribution in [-0.4, -0.2) is 95.5 Å². The van der Waals surface area contributed by atoms with Gasteiger partial charge >= 0.3 is 0 Å². The van der Waals surface area contributed by atoms with Crippen LogP contribution in [0.1, 0.15) is 13.3 Å². The Labute approximate surface area is 195 Å². The van der Waals surface area contributed by atoms with Gasteiger partial charge < -0.3 is 20.4 Å². The van der Waals surface area contributed by atoms with Crippen molar-refractivity contribution < 1.29 is 21.6 Å². The molecule has 4 atom stereocenters. The number of carbonyl (C=O) groups excluding carboxylic acids is 1. The molecule has 1 aliphatic carbocycles. The molecule has 5 rings (SSSR count). The molecule has 3 saturated heterocycles. The highest BCUT2D eigenvalue weighted by Gasteiger charge is 2.68. The summed E-state index contributed by atoms with van der Waals surface area (Å²) in [6.07, 6.45) is 1.05. The Hall–Kier alpha value is -1.85. The molecule has 0 spiro atoms. The van der Waals surface area contributed by atoms with Gasteiger partial charge in [-0.3, -0.25) is 4.79 Å². The number of nitrogens with zero attached hydrogens (tertiary/aromatic N) is 3. The maximum Gasteiger partial charge on any atom is 0.238 e. The summed E-state index contributed by atoms with van der Waals surface area (Å²) in [5.74, 6) is -0.213. The second-order valence-electron chi connectivity index (χ2n) is 10.2. The van der Waals surface area contributed by atoms with Crippen LogP contribution in [0, 0.1) is 11.3 Å². The molecule has 9 nitrogen and oxygen atoms in total. The lowest BCUT2D eigenvalue weighted by atomic mass is 9.54. The van der Waals surface area contributed by atoms with Gasteiger partial charge in [-0.1, -0.05) is 6.92 Å². The van der Waals surface area contributed by atoms with Crippen molar-refractivity contribution in [3.63, 3.8) is 0 Å². The third-order valence-corrected chi connectivity index (χ3v) is 11.2. The Kier molecular flexibility index (Phi) is 5.45. The summed E-state index contributed by atoms with van der Waals surface area (Å²) >= 11 is 0. The molecule has 3 heterocycles. The second-order valence-corrected chi connectivity index (χ2v) is 14.7. The summed E-state index contributed by atoms with van der Waals surface area (Å²) in [4.78, 5) is 19.2. The zero-order valence-electron chi connectivity index (χ0n) is 18.9. The van der Waals surface area contributed by atoms with Gasteiger partial charge in [0.05, 0.1) is 23.3 Å². The number of hydrogen-bond donors (Lipinski definition) is 1. The van der Waals surface area contributed by atoms with Gasteiger partial charge in [-0.15, -0.1) is 0 Å². The van der Waals surface area contributed by atoms with Gasteiger partial charge in [-0.05, 0) is 36.6 Å². The Bertz CT molecular complexity index is 1140. The van der Waals surface area contributed by atoms with Gasteiger partial charge in [0.2, 0.25) is 5.91 Å². The molecule has 1 amide bonds. The lowest BCUT2D eigenvalue weighted by Crippen LogP contribution is -2.68. The number of hydrogen-bond acceptors (Lipinski definition) is 8. The van der Waals surface area contributed by atoms with E-state index in [1.165, 1.54) is 0 Å². The van der Waals surface area contributed by atoms with Crippen LogP contribution < -0.4 is 15.5 Å². The first-order valence-electron chi connectivity index (χ1n) is 11.5. The van der Waals surface area contributed by atoms with Crippen LogP contribution in [0.3, 0.4) is 0 Å². The molecular weight excluding hydrogens is 464 g/mol. The number of sulfone groups is 2. The van der Waals surface area contributed by atoms with E-state index in [4.69, 9.17) is 5.73 Å². The van der Waals surface area contributed by atoms with Crippen LogP contribution >= 0.6 is 0 Å². The zero-order chi connectivity index (χ0) is 23.6. The predicted molar refractivity (Wildman–Crippen MR) is 128 cm³/mol. The van der Waals surface area contributed by atoms with Gasteiger partial charge in [0.1, 0.15) is 5.75 Å². The van der Waals surface area contributed by atoms with Crippen molar-refractivity contribution in [3.05, 3.63) is 24.3 Å². The fourth-order valence-electron chi connectivity index (χ4n) is 6.52. The second kappa shape index (κ2) is 7.84. The molecule has 4 fully saturated rings. The molecule has 3 aliphatic heterocycles. The highest BCUT2D eigenvalue weighted by Crippen LogP contribution is 2.61. The standard InChI is InChI=1S/C22H32N4O5S2/c1-22-12-16-13-25(18-4-2-17(3-5-18)24-7-10-32(28,29)11-8-24)19(22)14-26(21(16)22)20(27)15-33(30,31)9-6-23/h2-5,16,19,21H,6-15,23H2,1H3/t16-,19+,21?,22?/m0/s1. The van der Waals surface area contributed by atoms with Gasteiger partial charge in [0.25, 0.3) is 0 Å². The largest absolute Gasteiger partial charge is 0.369 e. The molecule has 0 aromatic heterocycles. The molecule has 2 bridgehead atoms. The molecule has 0 radical (unpaired) electrons. The number of benzene rings is 1. The quantitative estimate of drug-likeness (QED) is 0.571. The number of likely N-dealkylation sites (tertiary alicyclic amines) is 1. The molecule has 33 heavy (non-hydrogen) atoms. The number of rotatable bonds is 6. The highest BCUT2D eigenvalue weighted by molar-refractivity contribution is 7.92. The zero-order valence-corrected chi connectivity index (χ0v) is 20.5. The fraction of sp³-hybridized carbons (Fsp3) is 0.682. The first kappa shape index (κ1) is 22.9. The van der Waals surface area contributed by atoms with Crippen molar-refractivity contribution in [2.75, 3.05) is 65.5 Å². The molecular formula is C22H32N4O5S2. The maximum atomic E-state index is 12.9. The summed E-state index contributed by atoms with van der Waals surface area (Å²) in [7, 11) is -6.40. The summed E-state index contributed by atoms with van der Waals surface area (Å²) in [5, 5.41) is 0. The van der Waals surface area contributed by atoms with E-state index in [1.807, 2.05) is 17.0 Å². The number of amides is 1. The minimum atomic E-state index is -3.48. The molecule has 4 aliphatic rings. The molecule has 1 aromatic carbocycles. The van der Waals surface area contributed by atoms with Crippen LogP contribution in [0.25, 0.3) is 0 Å². The van der Waals surface area contributed by atoms with Crippen molar-refractivity contribution >= 4 is 37.0 Å². The Morgan fingerprint density at radius 2 is 1.76 bits per heavy atom. The van der Waals surface area contributed by atoms with Crippen molar-refractivity contribution in [3.8, 4) is 0 Å². The van der Waals surface area contributed by atoms with E-state index in [9.17, 15) is 21.6 Å². The minimum Gasteiger partial charge on any atom is -0.369 e. The number of anilines is 2. The number of carbonyl (C=O) groups is 1. The lowest BCUT2D eigenvalue weighted by Gasteiger charge is -2.61. The molecule has 2 unspecified atom stereocenters. The van der Waals surface area contributed by atoms with Crippen molar-refractivity contribution in [2.24, 2.45) is 17.1 Å². The lowest BCUT2D eigenvalue weighted by molar-refractivity contribution is -0.136. The maximum absolute atomic E-state index is 12.9. The van der Waals surface area contributed by atoms with Crippen molar-refractivity contribution in [2.45, 2.75) is 25.4 Å². The van der Waals surface area contributed by atoms with Crippen LogP contribution in [0.15, 0.2) is 24.3 Å². The number of piperidine rings is 2. The average molecular weight is 497 g/mol. The smallest absolute Gasteiger partial charge is 0.238 e. The van der Waals surface area contributed by atoms with Gasteiger partial charge in [-0.25, -0.2) is 16.8 Å². The third-order valence-electron chi connectivity index (χ3n) is 8.08. The Morgan fingerprint density at radius 1 is 1.12 bits per heavy atom. The van der Waals surface area contributed by atoms with Gasteiger partial charge in [0, 0.05) is 55.6 Å². The fourth-order valence-corrected chi connectivity index (χ4v) is 8.76. The van der Waals surface area contributed by atoms with Crippen LogP contribution in [0.4, 0.5) is 11.4 Å². The summed E-state index contributed by atoms with van der Waals surface area (Å²) in [6, 6.07) is 8.51. The summed E-state index contributed by atoms with van der Waals surface area (Å²) in [5.41, 5.74) is 7.47. The summed E-state index contributed by atoms with van der Waals surface area (Å²) < 4.78 is 47.8. The summed E-state index contributed by atoms with van der Waals surface area (Å²) in [6.45, 7) is 4.67. The molecule has 2 N–H and O–H groups in total. The minimum absolute atomic E-state index is 0.0268. The Balaban J connectivity index is 1.31. The molecule has 1 saturated carbocycles. The Morgan fingerprint density at radius 3 is 2.39 bits per heavy atom. The van der Waals surface area contributed by atoms with E-state index in [-0.39, 0.29) is 47.2 Å². The van der Waals surface area contributed by atoms with E-state index in [0.717, 1.165) is 24.3 Å². The van der Waals surface area contributed by atoms with Gasteiger partial charge in [0.15, 0.2) is 19.7 Å². The van der Waals surface area contributed by atoms with Crippen molar-refractivity contribution in [1.29, 1.82) is 0 Å².